The second-order valence-corrected chi connectivity index (χ2v) is 4.35. The molecule has 2 aromatic carbocycles. The number of nitriles is 1. The Morgan fingerprint density at radius 3 is 2.68 bits per heavy atom. The molecule has 3 nitrogen and oxygen atoms in total. The fourth-order valence-corrected chi connectivity index (χ4v) is 2.00. The lowest BCUT2D eigenvalue weighted by atomic mass is 10.1. The Bertz CT molecular complexity index is 620. The smallest absolute Gasteiger partial charge is 0.138 e. The van der Waals surface area contributed by atoms with E-state index in [-0.39, 0.29) is 0 Å². The third-order valence-electron chi connectivity index (χ3n) is 2.79. The van der Waals surface area contributed by atoms with Crippen LogP contribution in [-0.2, 0) is 6.54 Å². The first-order valence-corrected chi connectivity index (χ1v) is 6.18. The number of methoxy groups -OCH3 is 1. The highest BCUT2D eigenvalue weighted by molar-refractivity contribution is 6.31. The molecule has 1 N–H and O–H groups in total. The van der Waals surface area contributed by atoms with Gasteiger partial charge in [-0.2, -0.15) is 5.26 Å². The molecule has 0 aliphatic carbocycles. The lowest BCUT2D eigenvalue weighted by molar-refractivity contribution is 0.413. The molecule has 96 valence electrons. The molecule has 0 fully saturated rings. The maximum absolute atomic E-state index is 9.19. The monoisotopic (exact) mass is 272 g/mol. The average Bonchev–Trinajstić information content (AvgIpc) is 2.45. The third kappa shape index (κ3) is 2.98. The molecule has 0 aliphatic heterocycles. The standard InChI is InChI=1S/C15H13ClN2O/c1-19-15-8-4-7-14(12(15)9-17)18-10-11-5-2-3-6-13(11)16/h2-8,18H,10H2,1H3. The molecular formula is C15H13ClN2O. The Morgan fingerprint density at radius 2 is 2.00 bits per heavy atom. The number of halogens is 1. The van der Waals surface area contributed by atoms with E-state index in [0.29, 0.717) is 22.9 Å². The minimum Gasteiger partial charge on any atom is -0.495 e. The Morgan fingerprint density at radius 1 is 1.21 bits per heavy atom. The quantitative estimate of drug-likeness (QED) is 0.920. The van der Waals surface area contributed by atoms with Crippen LogP contribution in [-0.4, -0.2) is 7.11 Å². The second kappa shape index (κ2) is 6.12. The summed E-state index contributed by atoms with van der Waals surface area (Å²) in [6.45, 7) is 0.557. The molecule has 2 rings (SSSR count). The van der Waals surface area contributed by atoms with Gasteiger partial charge in [0, 0.05) is 11.6 Å². The van der Waals surface area contributed by atoms with Gasteiger partial charge in [-0.25, -0.2) is 0 Å². The lowest BCUT2D eigenvalue weighted by Crippen LogP contribution is -2.02. The van der Waals surface area contributed by atoms with Gasteiger partial charge in [-0.05, 0) is 23.8 Å². The van der Waals surface area contributed by atoms with Crippen LogP contribution in [0.3, 0.4) is 0 Å². The minimum atomic E-state index is 0.497. The summed E-state index contributed by atoms with van der Waals surface area (Å²) in [4.78, 5) is 0. The zero-order valence-electron chi connectivity index (χ0n) is 10.5. The highest BCUT2D eigenvalue weighted by Gasteiger charge is 2.08. The summed E-state index contributed by atoms with van der Waals surface area (Å²) in [5, 5.41) is 13.1. The molecule has 2 aromatic rings. The molecular weight excluding hydrogens is 260 g/mol. The fourth-order valence-electron chi connectivity index (χ4n) is 1.80. The second-order valence-electron chi connectivity index (χ2n) is 3.94. The van der Waals surface area contributed by atoms with E-state index in [9.17, 15) is 5.26 Å². The van der Waals surface area contributed by atoms with Gasteiger partial charge in [0.2, 0.25) is 0 Å². The molecule has 0 bridgehead atoms. The van der Waals surface area contributed by atoms with Crippen LogP contribution in [0.1, 0.15) is 11.1 Å². The maximum atomic E-state index is 9.19. The van der Waals surface area contributed by atoms with Gasteiger partial charge in [0.1, 0.15) is 17.4 Å². The lowest BCUT2D eigenvalue weighted by Gasteiger charge is -2.11. The van der Waals surface area contributed by atoms with E-state index in [0.717, 1.165) is 11.3 Å². The summed E-state index contributed by atoms with van der Waals surface area (Å²) in [6.07, 6.45) is 0. The van der Waals surface area contributed by atoms with Crippen molar-refractivity contribution < 1.29 is 4.74 Å². The molecule has 0 saturated carbocycles. The van der Waals surface area contributed by atoms with Crippen LogP contribution < -0.4 is 10.1 Å². The first-order valence-electron chi connectivity index (χ1n) is 5.80. The van der Waals surface area contributed by atoms with Crippen LogP contribution in [0.4, 0.5) is 5.69 Å². The summed E-state index contributed by atoms with van der Waals surface area (Å²) in [6, 6.07) is 15.2. The van der Waals surface area contributed by atoms with Crippen LogP contribution in [0.25, 0.3) is 0 Å². The first-order chi connectivity index (χ1) is 9.26. The number of ether oxygens (including phenoxy) is 1. The van der Waals surface area contributed by atoms with Crippen LogP contribution >= 0.6 is 11.6 Å². The third-order valence-corrected chi connectivity index (χ3v) is 3.15. The zero-order chi connectivity index (χ0) is 13.7. The van der Waals surface area contributed by atoms with Gasteiger partial charge in [-0.3, -0.25) is 0 Å². The Labute approximate surface area is 117 Å². The fraction of sp³-hybridized carbons (Fsp3) is 0.133. The molecule has 0 spiro atoms. The number of anilines is 1. The Balaban J connectivity index is 2.21. The molecule has 0 aliphatic rings. The number of hydrogen-bond donors (Lipinski definition) is 1. The number of rotatable bonds is 4. The Kier molecular flexibility index (Phi) is 4.27. The van der Waals surface area contributed by atoms with Gasteiger partial charge in [0.25, 0.3) is 0 Å². The first kappa shape index (κ1) is 13.3. The van der Waals surface area contributed by atoms with Crippen LogP contribution in [0.15, 0.2) is 42.5 Å². The van der Waals surface area contributed by atoms with Crippen molar-refractivity contribution in [3.63, 3.8) is 0 Å². The molecule has 19 heavy (non-hydrogen) atoms. The molecule has 4 heteroatoms. The van der Waals surface area contributed by atoms with E-state index in [1.807, 2.05) is 36.4 Å². The van der Waals surface area contributed by atoms with Crippen LogP contribution in [0, 0.1) is 11.3 Å². The van der Waals surface area contributed by atoms with Gasteiger partial charge in [-0.15, -0.1) is 0 Å². The molecule has 0 aromatic heterocycles. The molecule has 0 atom stereocenters. The van der Waals surface area contributed by atoms with Gasteiger partial charge >= 0.3 is 0 Å². The van der Waals surface area contributed by atoms with Crippen LogP contribution in [0.5, 0.6) is 5.75 Å². The molecule has 0 unspecified atom stereocenters. The SMILES string of the molecule is COc1cccc(NCc2ccccc2Cl)c1C#N. The summed E-state index contributed by atoms with van der Waals surface area (Å²) in [5.41, 5.74) is 2.22. The number of benzene rings is 2. The van der Waals surface area contributed by atoms with E-state index in [4.69, 9.17) is 16.3 Å². The summed E-state index contributed by atoms with van der Waals surface area (Å²) in [7, 11) is 1.55. The van der Waals surface area contributed by atoms with Crippen molar-refractivity contribution in [2.75, 3.05) is 12.4 Å². The van der Waals surface area contributed by atoms with Gasteiger partial charge in [0.15, 0.2) is 0 Å². The topological polar surface area (TPSA) is 45.0 Å². The highest BCUT2D eigenvalue weighted by Crippen LogP contribution is 2.26. The summed E-state index contributed by atoms with van der Waals surface area (Å²) < 4.78 is 5.16. The zero-order valence-corrected chi connectivity index (χ0v) is 11.2. The normalized spacial score (nSPS) is 9.74. The van der Waals surface area contributed by atoms with Crippen molar-refractivity contribution in [3.8, 4) is 11.8 Å². The Hall–Kier alpha value is -2.18. The van der Waals surface area contributed by atoms with E-state index >= 15 is 0 Å². The van der Waals surface area contributed by atoms with Crippen molar-refractivity contribution in [2.45, 2.75) is 6.54 Å². The van der Waals surface area contributed by atoms with Crippen molar-refractivity contribution in [3.05, 3.63) is 58.6 Å². The molecule has 0 heterocycles. The van der Waals surface area contributed by atoms with Crippen molar-refractivity contribution in [1.82, 2.24) is 0 Å². The summed E-state index contributed by atoms with van der Waals surface area (Å²) >= 11 is 6.09. The van der Waals surface area contributed by atoms with E-state index in [1.165, 1.54) is 0 Å². The van der Waals surface area contributed by atoms with E-state index in [1.54, 1.807) is 13.2 Å². The molecule has 0 saturated heterocycles. The predicted octanol–water partition coefficient (Wildman–Crippen LogP) is 3.83. The van der Waals surface area contributed by atoms with E-state index in [2.05, 4.69) is 11.4 Å². The number of nitrogens with one attached hydrogen (secondary N) is 1. The summed E-state index contributed by atoms with van der Waals surface area (Å²) in [5.74, 6) is 0.562. The molecule has 0 amide bonds. The van der Waals surface area contributed by atoms with Gasteiger partial charge < -0.3 is 10.1 Å². The van der Waals surface area contributed by atoms with Crippen LogP contribution in [0.2, 0.25) is 5.02 Å². The average molecular weight is 273 g/mol. The van der Waals surface area contributed by atoms with Crippen molar-refractivity contribution in [1.29, 1.82) is 5.26 Å². The largest absolute Gasteiger partial charge is 0.495 e. The highest BCUT2D eigenvalue weighted by atomic mass is 35.5. The van der Waals surface area contributed by atoms with Gasteiger partial charge in [0.05, 0.1) is 12.8 Å². The predicted molar refractivity (Wildman–Crippen MR) is 76.5 cm³/mol. The van der Waals surface area contributed by atoms with Gasteiger partial charge in [-0.1, -0.05) is 35.9 Å². The van der Waals surface area contributed by atoms with Crippen molar-refractivity contribution >= 4 is 17.3 Å². The number of nitrogens with zero attached hydrogens (tertiary/aromatic N) is 1. The maximum Gasteiger partial charge on any atom is 0.138 e. The van der Waals surface area contributed by atoms with E-state index < -0.39 is 0 Å². The van der Waals surface area contributed by atoms with Crippen molar-refractivity contribution in [2.24, 2.45) is 0 Å². The minimum absolute atomic E-state index is 0.497. The molecule has 0 radical (unpaired) electrons. The number of hydrogen-bond acceptors (Lipinski definition) is 3.